The zero-order valence-electron chi connectivity index (χ0n) is 14.4. The average Bonchev–Trinajstić information content (AvgIpc) is 2.99. The molecule has 0 radical (unpaired) electrons. The molecule has 2 amide bonds. The number of hydrogen-bond donors (Lipinski definition) is 2. The lowest BCUT2D eigenvalue weighted by molar-refractivity contribution is -0.149. The van der Waals surface area contributed by atoms with Crippen LogP contribution in [0.25, 0.3) is 0 Å². The van der Waals surface area contributed by atoms with E-state index in [9.17, 15) is 19.5 Å². The van der Waals surface area contributed by atoms with E-state index < -0.39 is 16.8 Å². The van der Waals surface area contributed by atoms with Crippen molar-refractivity contribution in [2.24, 2.45) is 16.7 Å². The molecule has 1 aliphatic carbocycles. The second kappa shape index (κ2) is 6.49. The number of hydrogen-bond acceptors (Lipinski definition) is 3. The van der Waals surface area contributed by atoms with E-state index in [0.29, 0.717) is 38.9 Å². The Morgan fingerprint density at radius 2 is 2.00 bits per heavy atom. The highest BCUT2D eigenvalue weighted by atomic mass is 16.4. The number of carbonyl (C=O) groups is 3. The number of rotatable bonds is 5. The van der Waals surface area contributed by atoms with E-state index in [1.807, 2.05) is 20.8 Å². The molecule has 1 saturated heterocycles. The largest absolute Gasteiger partial charge is 0.481 e. The molecule has 6 heteroatoms. The Labute approximate surface area is 137 Å². The molecule has 0 bridgehead atoms. The standard InChI is InChI=1S/C17H28N2O4/c1-16(2,3)14(21)18-9-5-7-13(20)19-10-12-6-4-8-17(12,11-19)15(22)23/h12H,4-11H2,1-3H3,(H,18,21)(H,22,23)/t12-,17+/m0/s1. The van der Waals surface area contributed by atoms with Crippen molar-refractivity contribution in [1.82, 2.24) is 10.2 Å². The third-order valence-electron chi connectivity index (χ3n) is 5.18. The van der Waals surface area contributed by atoms with Gasteiger partial charge in [-0.15, -0.1) is 0 Å². The number of amides is 2. The first-order valence-electron chi connectivity index (χ1n) is 8.46. The van der Waals surface area contributed by atoms with Gasteiger partial charge in [-0.3, -0.25) is 14.4 Å². The third-order valence-corrected chi connectivity index (χ3v) is 5.18. The molecule has 0 aromatic carbocycles. The van der Waals surface area contributed by atoms with E-state index in [1.165, 1.54) is 0 Å². The Bertz CT molecular complexity index is 497. The first kappa shape index (κ1) is 17.8. The van der Waals surface area contributed by atoms with Gasteiger partial charge < -0.3 is 15.3 Å². The number of likely N-dealkylation sites (tertiary alicyclic amines) is 1. The number of carboxylic acids is 1. The highest BCUT2D eigenvalue weighted by Crippen LogP contribution is 2.48. The summed E-state index contributed by atoms with van der Waals surface area (Å²) >= 11 is 0. The minimum absolute atomic E-state index is 0.00466. The SMILES string of the molecule is CC(C)(C)C(=O)NCCCC(=O)N1C[C@@H]2CCC[C@@]2(C(=O)O)C1. The van der Waals surface area contributed by atoms with Crippen LogP contribution in [0.5, 0.6) is 0 Å². The van der Waals surface area contributed by atoms with Gasteiger partial charge >= 0.3 is 5.97 Å². The van der Waals surface area contributed by atoms with Crippen LogP contribution >= 0.6 is 0 Å². The van der Waals surface area contributed by atoms with E-state index in [4.69, 9.17) is 0 Å². The van der Waals surface area contributed by atoms with Gasteiger partial charge in [-0.05, 0) is 25.2 Å². The predicted octanol–water partition coefficient (Wildman–Crippen LogP) is 1.64. The van der Waals surface area contributed by atoms with Crippen LogP contribution in [-0.2, 0) is 14.4 Å². The predicted molar refractivity (Wildman–Crippen MR) is 85.7 cm³/mol. The van der Waals surface area contributed by atoms with Gasteiger partial charge in [0, 0.05) is 31.5 Å². The zero-order chi connectivity index (χ0) is 17.3. The molecule has 2 N–H and O–H groups in total. The third kappa shape index (κ3) is 3.67. The maximum atomic E-state index is 12.3. The van der Waals surface area contributed by atoms with Gasteiger partial charge in [-0.25, -0.2) is 0 Å². The fourth-order valence-corrected chi connectivity index (χ4v) is 3.69. The van der Waals surface area contributed by atoms with Crippen LogP contribution in [0.1, 0.15) is 52.9 Å². The summed E-state index contributed by atoms with van der Waals surface area (Å²) in [5.41, 5.74) is -1.14. The van der Waals surface area contributed by atoms with Gasteiger partial charge in [0.05, 0.1) is 5.41 Å². The topological polar surface area (TPSA) is 86.7 Å². The Morgan fingerprint density at radius 3 is 2.57 bits per heavy atom. The molecule has 2 atom stereocenters. The summed E-state index contributed by atoms with van der Waals surface area (Å²) in [5, 5.41) is 12.4. The number of aliphatic carboxylic acids is 1. The minimum Gasteiger partial charge on any atom is -0.481 e. The van der Waals surface area contributed by atoms with Gasteiger partial charge in [0.1, 0.15) is 0 Å². The molecule has 6 nitrogen and oxygen atoms in total. The van der Waals surface area contributed by atoms with Crippen molar-refractivity contribution in [2.45, 2.75) is 52.9 Å². The van der Waals surface area contributed by atoms with Crippen LogP contribution in [0, 0.1) is 16.7 Å². The van der Waals surface area contributed by atoms with Crippen LogP contribution in [-0.4, -0.2) is 47.4 Å². The molecule has 23 heavy (non-hydrogen) atoms. The van der Waals surface area contributed by atoms with Crippen LogP contribution in [0.2, 0.25) is 0 Å². The molecule has 1 aliphatic heterocycles. The zero-order valence-corrected chi connectivity index (χ0v) is 14.4. The average molecular weight is 324 g/mol. The summed E-state index contributed by atoms with van der Waals surface area (Å²) in [4.78, 5) is 37.4. The summed E-state index contributed by atoms with van der Waals surface area (Å²) in [7, 11) is 0. The van der Waals surface area contributed by atoms with Crippen molar-refractivity contribution in [3.63, 3.8) is 0 Å². The van der Waals surface area contributed by atoms with E-state index in [-0.39, 0.29) is 17.7 Å². The lowest BCUT2D eigenvalue weighted by atomic mass is 9.81. The normalized spacial score (nSPS) is 26.9. The van der Waals surface area contributed by atoms with E-state index in [0.717, 1.165) is 12.8 Å². The van der Waals surface area contributed by atoms with Gasteiger partial charge in [-0.2, -0.15) is 0 Å². The molecule has 2 rings (SSSR count). The molecule has 0 unspecified atom stereocenters. The lowest BCUT2D eigenvalue weighted by Gasteiger charge is -2.23. The van der Waals surface area contributed by atoms with Crippen LogP contribution in [0.4, 0.5) is 0 Å². The lowest BCUT2D eigenvalue weighted by Crippen LogP contribution is -2.38. The van der Waals surface area contributed by atoms with Crippen molar-refractivity contribution in [2.75, 3.05) is 19.6 Å². The number of nitrogens with zero attached hydrogens (tertiary/aromatic N) is 1. The first-order valence-corrected chi connectivity index (χ1v) is 8.46. The molecule has 2 aliphatic rings. The minimum atomic E-state index is -0.757. The second-order valence-electron chi connectivity index (χ2n) is 7.93. The summed E-state index contributed by atoms with van der Waals surface area (Å²) in [5.74, 6) is -0.673. The molecule has 1 heterocycles. The van der Waals surface area contributed by atoms with Gasteiger partial charge in [0.2, 0.25) is 11.8 Å². The van der Waals surface area contributed by atoms with Crippen LogP contribution in [0.3, 0.4) is 0 Å². The van der Waals surface area contributed by atoms with Crippen LogP contribution < -0.4 is 5.32 Å². The molecule has 0 spiro atoms. The number of carboxylic acid groups (broad SMARTS) is 1. The van der Waals surface area contributed by atoms with Gasteiger partial charge in [-0.1, -0.05) is 27.2 Å². The molecule has 0 aromatic rings. The van der Waals surface area contributed by atoms with E-state index >= 15 is 0 Å². The van der Waals surface area contributed by atoms with Gasteiger partial charge in [0.15, 0.2) is 0 Å². The Balaban J connectivity index is 1.78. The highest BCUT2D eigenvalue weighted by Gasteiger charge is 2.55. The molecular weight excluding hydrogens is 296 g/mol. The fourth-order valence-electron chi connectivity index (χ4n) is 3.69. The molecule has 0 aromatic heterocycles. The van der Waals surface area contributed by atoms with Crippen molar-refractivity contribution >= 4 is 17.8 Å². The molecular formula is C17H28N2O4. The second-order valence-corrected chi connectivity index (χ2v) is 7.93. The van der Waals surface area contributed by atoms with E-state index in [2.05, 4.69) is 5.32 Å². The number of carbonyl (C=O) groups excluding carboxylic acids is 2. The first-order chi connectivity index (χ1) is 10.7. The van der Waals surface area contributed by atoms with Crippen molar-refractivity contribution in [3.8, 4) is 0 Å². The molecule has 130 valence electrons. The van der Waals surface area contributed by atoms with Crippen LogP contribution in [0.15, 0.2) is 0 Å². The van der Waals surface area contributed by atoms with Crippen molar-refractivity contribution in [3.05, 3.63) is 0 Å². The summed E-state index contributed by atoms with van der Waals surface area (Å²) in [6.45, 7) is 6.94. The highest BCUT2D eigenvalue weighted by molar-refractivity contribution is 5.82. The Hall–Kier alpha value is -1.59. The maximum Gasteiger partial charge on any atom is 0.311 e. The van der Waals surface area contributed by atoms with Crippen molar-refractivity contribution < 1.29 is 19.5 Å². The Kier molecular flexibility index (Phi) is 5.01. The monoisotopic (exact) mass is 324 g/mol. The summed E-state index contributed by atoms with van der Waals surface area (Å²) in [6, 6.07) is 0. The summed E-state index contributed by atoms with van der Waals surface area (Å²) in [6.07, 6.45) is 3.46. The maximum absolute atomic E-state index is 12.3. The van der Waals surface area contributed by atoms with Gasteiger partial charge in [0.25, 0.3) is 0 Å². The molecule has 2 fully saturated rings. The van der Waals surface area contributed by atoms with Crippen molar-refractivity contribution in [1.29, 1.82) is 0 Å². The fraction of sp³-hybridized carbons (Fsp3) is 0.824. The number of fused-ring (bicyclic) bond motifs is 1. The quantitative estimate of drug-likeness (QED) is 0.753. The molecule has 1 saturated carbocycles. The summed E-state index contributed by atoms with van der Waals surface area (Å²) < 4.78 is 0. The Morgan fingerprint density at radius 1 is 1.30 bits per heavy atom. The smallest absolute Gasteiger partial charge is 0.311 e. The number of nitrogens with one attached hydrogen (secondary N) is 1. The van der Waals surface area contributed by atoms with E-state index in [1.54, 1.807) is 4.90 Å².